The Labute approximate surface area is 160 Å². The van der Waals surface area contributed by atoms with Gasteiger partial charge in [-0.25, -0.2) is 4.79 Å². The minimum absolute atomic E-state index is 0.00559. The molecule has 0 heterocycles. The monoisotopic (exact) mass is 389 g/mol. The first-order valence-corrected chi connectivity index (χ1v) is 8.20. The molecule has 10 nitrogen and oxygen atoms in total. The van der Waals surface area contributed by atoms with Crippen LogP contribution < -0.4 is 15.4 Å². The first kappa shape index (κ1) is 20.6. The largest absolute Gasteiger partial charge is 0.489 e. The van der Waals surface area contributed by atoms with Crippen molar-refractivity contribution in [2.45, 2.75) is 13.2 Å². The third kappa shape index (κ3) is 7.30. The van der Waals surface area contributed by atoms with Crippen LogP contribution >= 0.6 is 0 Å². The molecule has 0 aromatic heterocycles. The minimum Gasteiger partial charge on any atom is -0.489 e. The Kier molecular flexibility index (Phi) is 7.73. The molecule has 10 heteroatoms. The number of carbonyl (C=O) groups is 2. The molecule has 148 valence electrons. The number of nitrogens with one attached hydrogen (secondary N) is 2. The summed E-state index contributed by atoms with van der Waals surface area (Å²) in [5.74, 6) is 0.0484. The lowest BCUT2D eigenvalue weighted by molar-refractivity contribution is -0.384. The lowest BCUT2D eigenvalue weighted by Gasteiger charge is -2.08. The van der Waals surface area contributed by atoms with E-state index in [9.17, 15) is 19.7 Å². The van der Waals surface area contributed by atoms with Crippen molar-refractivity contribution < 1.29 is 29.1 Å². The van der Waals surface area contributed by atoms with Crippen LogP contribution in [0.15, 0.2) is 48.5 Å². The summed E-state index contributed by atoms with van der Waals surface area (Å²) in [4.78, 5) is 31.7. The number of nitrogens with zero attached hydrogens (tertiary/aromatic N) is 1. The maximum atomic E-state index is 11.3. The van der Waals surface area contributed by atoms with Crippen molar-refractivity contribution in [2.24, 2.45) is 0 Å². The molecule has 0 aliphatic heterocycles. The average molecular weight is 389 g/mol. The number of nitro groups is 1. The van der Waals surface area contributed by atoms with E-state index in [1.165, 1.54) is 12.1 Å². The van der Waals surface area contributed by atoms with E-state index in [1.807, 2.05) is 29.6 Å². The maximum Gasteiger partial charge on any atom is 0.405 e. The predicted octanol–water partition coefficient (Wildman–Crippen LogP) is 2.03. The third-order valence-corrected chi connectivity index (χ3v) is 3.52. The van der Waals surface area contributed by atoms with Crippen molar-refractivity contribution in [3.05, 3.63) is 69.8 Å². The fourth-order valence-corrected chi connectivity index (χ4v) is 2.08. The first-order chi connectivity index (χ1) is 13.4. The summed E-state index contributed by atoms with van der Waals surface area (Å²) in [5, 5.41) is 23.4. The number of hydrogen-bond donors (Lipinski definition) is 3. The van der Waals surface area contributed by atoms with Gasteiger partial charge in [-0.2, -0.15) is 0 Å². The topological polar surface area (TPSA) is 140 Å². The van der Waals surface area contributed by atoms with Crippen molar-refractivity contribution in [1.29, 1.82) is 0 Å². The van der Waals surface area contributed by atoms with Gasteiger partial charge in [0.05, 0.1) is 11.5 Å². The highest BCUT2D eigenvalue weighted by molar-refractivity contribution is 5.81. The second-order valence-corrected chi connectivity index (χ2v) is 5.61. The van der Waals surface area contributed by atoms with Crippen LogP contribution in [0.2, 0.25) is 0 Å². The van der Waals surface area contributed by atoms with Crippen molar-refractivity contribution in [1.82, 2.24) is 10.6 Å². The number of amides is 2. The number of nitro benzene ring substituents is 1. The predicted molar refractivity (Wildman–Crippen MR) is 97.7 cm³/mol. The molecule has 0 atom stereocenters. The third-order valence-electron chi connectivity index (χ3n) is 3.52. The van der Waals surface area contributed by atoms with Gasteiger partial charge in [-0.3, -0.25) is 14.9 Å². The molecule has 3 N–H and O–H groups in total. The molecule has 0 unspecified atom stereocenters. The van der Waals surface area contributed by atoms with E-state index < -0.39 is 16.9 Å². The maximum absolute atomic E-state index is 11.3. The molecule has 2 aromatic carbocycles. The smallest absolute Gasteiger partial charge is 0.405 e. The highest BCUT2D eigenvalue weighted by Crippen LogP contribution is 2.18. The first-order valence-electron chi connectivity index (χ1n) is 8.20. The molecular formula is C18H19N3O7. The van der Waals surface area contributed by atoms with Crippen LogP contribution in [0, 0.1) is 10.1 Å². The zero-order valence-corrected chi connectivity index (χ0v) is 14.8. The molecule has 28 heavy (non-hydrogen) atoms. The van der Waals surface area contributed by atoms with Gasteiger partial charge in [0.25, 0.3) is 5.69 Å². The summed E-state index contributed by atoms with van der Waals surface area (Å²) in [5.41, 5.74) is 1.80. The molecule has 2 rings (SSSR count). The number of hydrogen-bond acceptors (Lipinski definition) is 6. The van der Waals surface area contributed by atoms with E-state index >= 15 is 0 Å². The molecule has 0 bridgehead atoms. The molecule has 0 spiro atoms. The Bertz CT molecular complexity index is 807. The van der Waals surface area contributed by atoms with Crippen LogP contribution in [0.5, 0.6) is 5.75 Å². The Morgan fingerprint density at radius 2 is 1.57 bits per heavy atom. The number of benzene rings is 2. The standard InChI is InChI=1S/C18H19N3O7/c22-17(9-19-18(23)24)20-12-27-10-13-1-3-14(4-2-13)11-28-16-7-5-15(6-8-16)21(25)26/h1-8,19H,9-12H2,(H,20,22)(H,23,24). The fraction of sp³-hybridized carbons (Fsp3) is 0.222. The molecule has 2 aromatic rings. The van der Waals surface area contributed by atoms with Crippen LogP contribution in [0.25, 0.3) is 0 Å². The summed E-state index contributed by atoms with van der Waals surface area (Å²) in [7, 11) is 0. The highest BCUT2D eigenvalue weighted by atomic mass is 16.6. The van der Waals surface area contributed by atoms with Crippen LogP contribution in [-0.4, -0.2) is 35.3 Å². The van der Waals surface area contributed by atoms with E-state index in [0.717, 1.165) is 11.1 Å². The van der Waals surface area contributed by atoms with Crippen LogP contribution in [0.1, 0.15) is 11.1 Å². The van der Waals surface area contributed by atoms with E-state index in [4.69, 9.17) is 14.6 Å². The van der Waals surface area contributed by atoms with Crippen LogP contribution in [0.3, 0.4) is 0 Å². The van der Waals surface area contributed by atoms with Gasteiger partial charge in [0.1, 0.15) is 25.6 Å². The molecule has 0 radical (unpaired) electrons. The second-order valence-electron chi connectivity index (χ2n) is 5.61. The van der Waals surface area contributed by atoms with E-state index in [-0.39, 0.29) is 25.6 Å². The molecule has 2 amide bonds. The summed E-state index contributed by atoms with van der Waals surface area (Å²) < 4.78 is 10.9. The molecule has 0 saturated carbocycles. The normalized spacial score (nSPS) is 10.1. The van der Waals surface area contributed by atoms with Crippen LogP contribution in [0.4, 0.5) is 10.5 Å². The molecule has 0 aliphatic carbocycles. The van der Waals surface area contributed by atoms with Gasteiger partial charge in [0.2, 0.25) is 5.91 Å². The van der Waals surface area contributed by atoms with Crippen molar-refractivity contribution in [3.63, 3.8) is 0 Å². The lowest BCUT2D eigenvalue weighted by Crippen LogP contribution is -2.37. The Morgan fingerprint density at radius 3 is 2.14 bits per heavy atom. The van der Waals surface area contributed by atoms with Crippen LogP contribution in [-0.2, 0) is 22.7 Å². The van der Waals surface area contributed by atoms with Gasteiger partial charge < -0.3 is 25.2 Å². The van der Waals surface area contributed by atoms with Gasteiger partial charge in [0.15, 0.2) is 0 Å². The van der Waals surface area contributed by atoms with Gasteiger partial charge in [-0.05, 0) is 23.3 Å². The molecule has 0 fully saturated rings. The van der Waals surface area contributed by atoms with E-state index in [1.54, 1.807) is 12.1 Å². The SMILES string of the molecule is O=C(O)NCC(=O)NCOCc1ccc(COc2ccc([N+](=O)[O-])cc2)cc1. The van der Waals surface area contributed by atoms with E-state index in [2.05, 4.69) is 5.32 Å². The number of carbonyl (C=O) groups excluding carboxylic acids is 1. The zero-order valence-electron chi connectivity index (χ0n) is 14.8. The molecular weight excluding hydrogens is 370 g/mol. The quantitative estimate of drug-likeness (QED) is 0.244. The Hall–Kier alpha value is -3.66. The number of non-ortho nitro benzene ring substituents is 1. The summed E-state index contributed by atoms with van der Waals surface area (Å²) >= 11 is 0. The Balaban J connectivity index is 1.69. The zero-order chi connectivity index (χ0) is 20.4. The average Bonchev–Trinajstić information content (AvgIpc) is 2.69. The number of rotatable bonds is 10. The highest BCUT2D eigenvalue weighted by Gasteiger charge is 2.05. The van der Waals surface area contributed by atoms with Gasteiger partial charge in [-0.1, -0.05) is 24.3 Å². The van der Waals surface area contributed by atoms with Crippen molar-refractivity contribution in [2.75, 3.05) is 13.3 Å². The van der Waals surface area contributed by atoms with Gasteiger partial charge >= 0.3 is 6.09 Å². The lowest BCUT2D eigenvalue weighted by atomic mass is 10.1. The second kappa shape index (κ2) is 10.5. The van der Waals surface area contributed by atoms with Crippen molar-refractivity contribution >= 4 is 17.7 Å². The number of ether oxygens (including phenoxy) is 2. The molecule has 0 aliphatic rings. The number of carboxylic acid groups (broad SMARTS) is 1. The molecule has 0 saturated heterocycles. The van der Waals surface area contributed by atoms with Crippen molar-refractivity contribution in [3.8, 4) is 5.75 Å². The summed E-state index contributed by atoms with van der Waals surface area (Å²) in [6.07, 6.45) is -1.27. The Morgan fingerprint density at radius 1 is 0.964 bits per heavy atom. The van der Waals surface area contributed by atoms with Gasteiger partial charge in [0, 0.05) is 12.1 Å². The minimum atomic E-state index is -1.27. The fourth-order valence-electron chi connectivity index (χ4n) is 2.08. The summed E-state index contributed by atoms with van der Waals surface area (Å²) in [6, 6.07) is 13.3. The summed E-state index contributed by atoms with van der Waals surface area (Å²) in [6.45, 7) is 0.217. The van der Waals surface area contributed by atoms with E-state index in [0.29, 0.717) is 12.4 Å². The van der Waals surface area contributed by atoms with Gasteiger partial charge in [-0.15, -0.1) is 0 Å².